The van der Waals surface area contributed by atoms with E-state index in [-0.39, 0.29) is 5.91 Å². The highest BCUT2D eigenvalue weighted by atomic mass is 32.1. The topological polar surface area (TPSA) is 58.1 Å². The first-order valence-corrected chi connectivity index (χ1v) is 5.51. The van der Waals surface area contributed by atoms with Gasteiger partial charge in [0, 0.05) is 0 Å². The summed E-state index contributed by atoms with van der Waals surface area (Å²) in [6, 6.07) is 0. The van der Waals surface area contributed by atoms with Crippen molar-refractivity contribution in [3.63, 3.8) is 0 Å². The van der Waals surface area contributed by atoms with Gasteiger partial charge in [0.05, 0.1) is 6.54 Å². The largest absolute Gasteiger partial charge is 0.299 e. The van der Waals surface area contributed by atoms with E-state index in [0.717, 1.165) is 13.1 Å². The van der Waals surface area contributed by atoms with Gasteiger partial charge in [-0.2, -0.15) is 0 Å². The molecule has 0 bridgehead atoms. The van der Waals surface area contributed by atoms with Gasteiger partial charge in [-0.1, -0.05) is 11.3 Å². The minimum atomic E-state index is 0.00338. The zero-order valence-electron chi connectivity index (χ0n) is 7.77. The predicted octanol–water partition coefficient (Wildman–Crippen LogP) is 0.572. The molecule has 6 heteroatoms. The predicted molar refractivity (Wildman–Crippen MR) is 54.2 cm³/mol. The molecule has 1 aromatic rings. The van der Waals surface area contributed by atoms with E-state index >= 15 is 0 Å². The Kier molecular flexibility index (Phi) is 3.05. The van der Waals surface area contributed by atoms with Crippen molar-refractivity contribution < 1.29 is 4.79 Å². The maximum absolute atomic E-state index is 11.5. The summed E-state index contributed by atoms with van der Waals surface area (Å²) in [5, 5.41) is 10.7. The van der Waals surface area contributed by atoms with E-state index < -0.39 is 0 Å². The number of rotatable bonds is 3. The maximum Gasteiger partial charge on any atom is 0.240 e. The smallest absolute Gasteiger partial charge is 0.240 e. The molecule has 1 N–H and O–H groups in total. The van der Waals surface area contributed by atoms with Crippen molar-refractivity contribution in [2.24, 2.45) is 0 Å². The van der Waals surface area contributed by atoms with Crippen molar-refractivity contribution in [1.29, 1.82) is 0 Å². The van der Waals surface area contributed by atoms with Crippen LogP contribution < -0.4 is 5.32 Å². The van der Waals surface area contributed by atoms with Crippen LogP contribution in [0.4, 0.5) is 5.13 Å². The van der Waals surface area contributed by atoms with Crippen LogP contribution in [0.15, 0.2) is 5.51 Å². The van der Waals surface area contributed by atoms with Gasteiger partial charge in [0.25, 0.3) is 0 Å². The Morgan fingerprint density at radius 1 is 1.57 bits per heavy atom. The zero-order chi connectivity index (χ0) is 9.80. The molecule has 0 radical (unpaired) electrons. The van der Waals surface area contributed by atoms with Crippen LogP contribution in [0.2, 0.25) is 0 Å². The molecule has 1 aromatic heterocycles. The minimum absolute atomic E-state index is 0.00338. The second-order valence-electron chi connectivity index (χ2n) is 3.28. The van der Waals surface area contributed by atoms with Gasteiger partial charge in [-0.05, 0) is 25.9 Å². The minimum Gasteiger partial charge on any atom is -0.299 e. The molecule has 0 saturated carbocycles. The molecule has 2 rings (SSSR count). The summed E-state index contributed by atoms with van der Waals surface area (Å²) < 4.78 is 0. The fraction of sp³-hybridized carbons (Fsp3) is 0.625. The van der Waals surface area contributed by atoms with Crippen LogP contribution in [-0.2, 0) is 4.79 Å². The average Bonchev–Trinajstić information content (AvgIpc) is 2.76. The third-order valence-corrected chi connectivity index (χ3v) is 2.78. The lowest BCUT2D eigenvalue weighted by Crippen LogP contribution is -2.30. The van der Waals surface area contributed by atoms with E-state index in [4.69, 9.17) is 0 Å². The first-order valence-electron chi connectivity index (χ1n) is 4.63. The van der Waals surface area contributed by atoms with Crippen molar-refractivity contribution in [3.05, 3.63) is 5.51 Å². The van der Waals surface area contributed by atoms with Gasteiger partial charge >= 0.3 is 0 Å². The Morgan fingerprint density at radius 2 is 2.36 bits per heavy atom. The fourth-order valence-electron chi connectivity index (χ4n) is 1.53. The van der Waals surface area contributed by atoms with Gasteiger partial charge in [-0.15, -0.1) is 10.2 Å². The molecule has 1 aliphatic rings. The third-order valence-electron chi connectivity index (χ3n) is 2.17. The van der Waals surface area contributed by atoms with Crippen LogP contribution in [0.5, 0.6) is 0 Å². The number of nitrogens with one attached hydrogen (secondary N) is 1. The van der Waals surface area contributed by atoms with Gasteiger partial charge < -0.3 is 0 Å². The second-order valence-corrected chi connectivity index (χ2v) is 4.11. The van der Waals surface area contributed by atoms with Crippen LogP contribution in [-0.4, -0.2) is 40.6 Å². The van der Waals surface area contributed by atoms with E-state index in [0.29, 0.717) is 11.7 Å². The molecule has 0 atom stereocenters. The lowest BCUT2D eigenvalue weighted by Gasteiger charge is -2.12. The quantitative estimate of drug-likeness (QED) is 0.796. The highest BCUT2D eigenvalue weighted by Gasteiger charge is 2.15. The summed E-state index contributed by atoms with van der Waals surface area (Å²) in [6.45, 7) is 2.53. The average molecular weight is 212 g/mol. The molecule has 0 spiro atoms. The van der Waals surface area contributed by atoms with E-state index in [9.17, 15) is 4.79 Å². The van der Waals surface area contributed by atoms with Crippen LogP contribution in [0, 0.1) is 0 Å². The SMILES string of the molecule is O=C(CN1CCCC1)Nc1nncs1. The molecule has 0 aliphatic carbocycles. The van der Waals surface area contributed by atoms with Crippen LogP contribution in [0.25, 0.3) is 0 Å². The van der Waals surface area contributed by atoms with E-state index in [1.54, 1.807) is 5.51 Å². The van der Waals surface area contributed by atoms with Gasteiger partial charge in [-0.3, -0.25) is 15.0 Å². The molecule has 2 heterocycles. The Bertz CT molecular complexity index is 294. The summed E-state index contributed by atoms with van der Waals surface area (Å²) in [5.41, 5.74) is 1.60. The van der Waals surface area contributed by atoms with Gasteiger partial charge in [0.15, 0.2) is 0 Å². The number of hydrogen-bond acceptors (Lipinski definition) is 5. The van der Waals surface area contributed by atoms with Gasteiger partial charge in [0.1, 0.15) is 5.51 Å². The highest BCUT2D eigenvalue weighted by molar-refractivity contribution is 7.13. The van der Waals surface area contributed by atoms with Gasteiger partial charge in [-0.25, -0.2) is 0 Å². The molecule has 1 aliphatic heterocycles. The number of nitrogens with zero attached hydrogens (tertiary/aromatic N) is 3. The van der Waals surface area contributed by atoms with Crippen LogP contribution in [0.3, 0.4) is 0 Å². The lowest BCUT2D eigenvalue weighted by molar-refractivity contribution is -0.117. The molecular formula is C8H12N4OS. The number of carbonyl (C=O) groups excluding carboxylic acids is 1. The molecule has 1 fully saturated rings. The Labute approximate surface area is 86.1 Å². The van der Waals surface area contributed by atoms with Crippen molar-refractivity contribution in [1.82, 2.24) is 15.1 Å². The summed E-state index contributed by atoms with van der Waals surface area (Å²) >= 11 is 1.34. The van der Waals surface area contributed by atoms with E-state index in [1.165, 1.54) is 24.2 Å². The van der Waals surface area contributed by atoms with Crippen LogP contribution >= 0.6 is 11.3 Å². The Balaban J connectivity index is 1.78. The molecule has 5 nitrogen and oxygen atoms in total. The van der Waals surface area contributed by atoms with Crippen molar-refractivity contribution in [2.75, 3.05) is 25.0 Å². The molecule has 0 unspecified atom stereocenters. The molecule has 0 aromatic carbocycles. The van der Waals surface area contributed by atoms with Crippen LogP contribution in [0.1, 0.15) is 12.8 Å². The zero-order valence-corrected chi connectivity index (χ0v) is 8.59. The number of carbonyl (C=O) groups is 1. The van der Waals surface area contributed by atoms with Crippen molar-refractivity contribution in [2.45, 2.75) is 12.8 Å². The van der Waals surface area contributed by atoms with E-state index in [2.05, 4.69) is 20.4 Å². The first-order chi connectivity index (χ1) is 6.84. The lowest BCUT2D eigenvalue weighted by atomic mass is 10.4. The van der Waals surface area contributed by atoms with Crippen molar-refractivity contribution in [3.8, 4) is 0 Å². The Hall–Kier alpha value is -1.01. The number of likely N-dealkylation sites (tertiary alicyclic amines) is 1. The number of hydrogen-bond donors (Lipinski definition) is 1. The molecule has 1 saturated heterocycles. The summed E-state index contributed by atoms with van der Waals surface area (Å²) in [6.07, 6.45) is 2.40. The summed E-state index contributed by atoms with van der Waals surface area (Å²) in [4.78, 5) is 13.6. The standard InChI is InChI=1S/C8H12N4OS/c13-7(5-12-3-1-2-4-12)10-8-11-9-6-14-8/h6H,1-5H2,(H,10,11,13). The fourth-order valence-corrected chi connectivity index (χ4v) is 1.99. The van der Waals surface area contributed by atoms with E-state index in [1.807, 2.05) is 0 Å². The summed E-state index contributed by atoms with van der Waals surface area (Å²) in [5.74, 6) is 0.00338. The Morgan fingerprint density at radius 3 is 3.00 bits per heavy atom. The highest BCUT2D eigenvalue weighted by Crippen LogP contribution is 2.09. The second kappa shape index (κ2) is 4.47. The summed E-state index contributed by atoms with van der Waals surface area (Å²) in [7, 11) is 0. The third kappa shape index (κ3) is 2.49. The maximum atomic E-state index is 11.5. The molecule has 14 heavy (non-hydrogen) atoms. The molecule has 76 valence electrons. The number of aromatic nitrogens is 2. The van der Waals surface area contributed by atoms with Gasteiger partial charge in [0.2, 0.25) is 11.0 Å². The molecule has 1 amide bonds. The normalized spacial score (nSPS) is 17.1. The number of anilines is 1. The first kappa shape index (κ1) is 9.54. The monoisotopic (exact) mass is 212 g/mol. The molecular weight excluding hydrogens is 200 g/mol. The number of amides is 1. The van der Waals surface area contributed by atoms with Crippen molar-refractivity contribution >= 4 is 22.4 Å².